The summed E-state index contributed by atoms with van der Waals surface area (Å²) in [5, 5.41) is 19.7. The Morgan fingerprint density at radius 1 is 1.25 bits per heavy atom. The van der Waals surface area contributed by atoms with Crippen LogP contribution in [0.2, 0.25) is 0 Å². The molecule has 0 fully saturated rings. The van der Waals surface area contributed by atoms with Crippen LogP contribution in [0.4, 0.5) is 0 Å². The summed E-state index contributed by atoms with van der Waals surface area (Å²) in [6.45, 7) is 2.78. The number of benzene rings is 1. The standard InChI is InChI=1S/C18H21NO5/c1-10-15(21)14(16(22)18(2,23)17(10)24-3)13(19)9-6-11-4-7-12(20)8-5-11/h4-5,7-8,20,23H,6,9,19H2,1-3H3/b14-13-/t18-/m1/s1. The van der Waals surface area contributed by atoms with Gasteiger partial charge in [-0.2, -0.15) is 0 Å². The highest BCUT2D eigenvalue weighted by Crippen LogP contribution is 2.33. The Balaban J connectivity index is 2.33. The quantitative estimate of drug-likeness (QED) is 0.568. The topological polar surface area (TPSA) is 110 Å². The number of Topliss-reactive ketones (excluding diaryl/α,β-unsaturated/α-hetero) is 2. The van der Waals surface area contributed by atoms with Gasteiger partial charge in [0, 0.05) is 11.3 Å². The second kappa shape index (κ2) is 6.49. The number of hydrogen-bond donors (Lipinski definition) is 3. The van der Waals surface area contributed by atoms with Crippen molar-refractivity contribution >= 4 is 11.6 Å². The Bertz CT molecular complexity index is 741. The summed E-state index contributed by atoms with van der Waals surface area (Å²) >= 11 is 0. The van der Waals surface area contributed by atoms with Crippen molar-refractivity contribution in [3.05, 3.63) is 52.4 Å². The van der Waals surface area contributed by atoms with Gasteiger partial charge in [0.2, 0.25) is 5.78 Å². The lowest BCUT2D eigenvalue weighted by molar-refractivity contribution is -0.135. The van der Waals surface area contributed by atoms with Crippen LogP contribution in [0.1, 0.15) is 25.8 Å². The minimum Gasteiger partial charge on any atom is -0.508 e. The van der Waals surface area contributed by atoms with E-state index >= 15 is 0 Å². The zero-order valence-electron chi connectivity index (χ0n) is 13.9. The Morgan fingerprint density at radius 2 is 1.83 bits per heavy atom. The molecule has 128 valence electrons. The number of aromatic hydroxyl groups is 1. The third-order valence-electron chi connectivity index (χ3n) is 4.16. The molecule has 6 heteroatoms. The van der Waals surface area contributed by atoms with Crippen molar-refractivity contribution in [3.8, 4) is 5.75 Å². The van der Waals surface area contributed by atoms with Gasteiger partial charge in [0.25, 0.3) is 0 Å². The number of ketones is 2. The van der Waals surface area contributed by atoms with Crippen molar-refractivity contribution in [2.75, 3.05) is 7.11 Å². The maximum Gasteiger partial charge on any atom is 0.207 e. The minimum absolute atomic E-state index is 0.0485. The van der Waals surface area contributed by atoms with Crippen molar-refractivity contribution in [3.63, 3.8) is 0 Å². The smallest absolute Gasteiger partial charge is 0.207 e. The number of ether oxygens (including phenoxy) is 1. The molecule has 1 aromatic carbocycles. The molecule has 1 aliphatic carbocycles. The number of allylic oxidation sites excluding steroid dienone is 2. The van der Waals surface area contributed by atoms with E-state index in [-0.39, 0.29) is 34.8 Å². The number of phenolic OH excluding ortho intramolecular Hbond substituents is 1. The van der Waals surface area contributed by atoms with Crippen LogP contribution >= 0.6 is 0 Å². The average Bonchev–Trinajstić information content (AvgIpc) is 2.53. The van der Waals surface area contributed by atoms with Crippen LogP contribution in [0.5, 0.6) is 5.75 Å². The van der Waals surface area contributed by atoms with Crippen LogP contribution in [0.15, 0.2) is 46.9 Å². The zero-order chi connectivity index (χ0) is 18.1. The van der Waals surface area contributed by atoms with Crippen LogP contribution in [0.3, 0.4) is 0 Å². The lowest BCUT2D eigenvalue weighted by Crippen LogP contribution is -2.46. The first-order valence-corrected chi connectivity index (χ1v) is 7.53. The molecule has 0 saturated heterocycles. The molecule has 1 aliphatic rings. The second-order valence-corrected chi connectivity index (χ2v) is 5.96. The summed E-state index contributed by atoms with van der Waals surface area (Å²) in [6.07, 6.45) is 0.779. The number of carbonyl (C=O) groups is 2. The van der Waals surface area contributed by atoms with Crippen LogP contribution in [0.25, 0.3) is 0 Å². The van der Waals surface area contributed by atoms with E-state index in [0.717, 1.165) is 5.56 Å². The summed E-state index contributed by atoms with van der Waals surface area (Å²) < 4.78 is 5.03. The van der Waals surface area contributed by atoms with Crippen LogP contribution < -0.4 is 5.73 Å². The number of methoxy groups -OCH3 is 1. The molecule has 0 saturated carbocycles. The van der Waals surface area contributed by atoms with E-state index in [4.69, 9.17) is 10.5 Å². The third-order valence-corrected chi connectivity index (χ3v) is 4.16. The summed E-state index contributed by atoms with van der Waals surface area (Å²) in [6, 6.07) is 6.58. The van der Waals surface area contributed by atoms with Gasteiger partial charge < -0.3 is 20.7 Å². The van der Waals surface area contributed by atoms with E-state index in [9.17, 15) is 19.8 Å². The SMILES string of the molecule is COC1=C(C)C(=O)/C(=C(/N)CCc2ccc(O)cc2)C(=O)[C@@]1(C)O. The predicted octanol–water partition coefficient (Wildman–Crippen LogP) is 1.36. The molecule has 0 unspecified atom stereocenters. The predicted molar refractivity (Wildman–Crippen MR) is 88.0 cm³/mol. The fourth-order valence-electron chi connectivity index (χ4n) is 2.82. The number of rotatable bonds is 4. The Hall–Kier alpha value is -2.60. The highest BCUT2D eigenvalue weighted by Gasteiger charge is 2.47. The molecule has 1 atom stereocenters. The molecule has 0 heterocycles. The van der Waals surface area contributed by atoms with Gasteiger partial charge in [0.15, 0.2) is 11.4 Å². The normalized spacial score (nSPS) is 23.5. The molecule has 6 nitrogen and oxygen atoms in total. The highest BCUT2D eigenvalue weighted by molar-refractivity contribution is 6.31. The third kappa shape index (κ3) is 3.05. The van der Waals surface area contributed by atoms with Gasteiger partial charge in [-0.1, -0.05) is 12.1 Å². The first-order chi connectivity index (χ1) is 11.2. The second-order valence-electron chi connectivity index (χ2n) is 5.96. The van der Waals surface area contributed by atoms with E-state index in [1.165, 1.54) is 21.0 Å². The molecule has 0 radical (unpaired) electrons. The van der Waals surface area contributed by atoms with Crippen LogP contribution in [-0.2, 0) is 20.7 Å². The van der Waals surface area contributed by atoms with E-state index in [1.54, 1.807) is 24.3 Å². The first kappa shape index (κ1) is 17.7. The largest absolute Gasteiger partial charge is 0.508 e. The summed E-state index contributed by atoms with van der Waals surface area (Å²) in [7, 11) is 1.30. The number of aryl methyl sites for hydroxylation is 1. The van der Waals surface area contributed by atoms with E-state index in [0.29, 0.717) is 6.42 Å². The average molecular weight is 331 g/mol. The van der Waals surface area contributed by atoms with Gasteiger partial charge in [-0.05, 0) is 44.4 Å². The summed E-state index contributed by atoms with van der Waals surface area (Å²) in [5.74, 6) is -1.16. The van der Waals surface area contributed by atoms with E-state index in [1.807, 2.05) is 0 Å². The monoisotopic (exact) mass is 331 g/mol. The molecular formula is C18H21NO5. The van der Waals surface area contributed by atoms with Gasteiger partial charge in [0.1, 0.15) is 11.5 Å². The summed E-state index contributed by atoms with van der Waals surface area (Å²) in [4.78, 5) is 25.0. The lowest BCUT2D eigenvalue weighted by atomic mass is 9.79. The number of phenols is 1. The van der Waals surface area contributed by atoms with Gasteiger partial charge in [-0.3, -0.25) is 9.59 Å². The fraction of sp³-hybridized carbons (Fsp3) is 0.333. The fourth-order valence-corrected chi connectivity index (χ4v) is 2.82. The highest BCUT2D eigenvalue weighted by atomic mass is 16.5. The van der Waals surface area contributed by atoms with Gasteiger partial charge in [-0.25, -0.2) is 0 Å². The maximum atomic E-state index is 12.5. The molecule has 0 aromatic heterocycles. The van der Waals surface area contributed by atoms with Gasteiger partial charge >= 0.3 is 0 Å². The van der Waals surface area contributed by atoms with E-state index < -0.39 is 17.2 Å². The molecular weight excluding hydrogens is 310 g/mol. The number of carbonyl (C=O) groups excluding carboxylic acids is 2. The molecule has 1 aromatic rings. The number of aliphatic hydroxyl groups is 1. The summed E-state index contributed by atoms with van der Waals surface area (Å²) in [5.41, 5.74) is 5.11. The van der Waals surface area contributed by atoms with E-state index in [2.05, 4.69) is 0 Å². The Morgan fingerprint density at radius 3 is 2.38 bits per heavy atom. The van der Waals surface area contributed by atoms with Crippen molar-refractivity contribution in [2.45, 2.75) is 32.3 Å². The number of nitrogens with two attached hydrogens (primary N) is 1. The van der Waals surface area contributed by atoms with Crippen molar-refractivity contribution in [1.29, 1.82) is 0 Å². The minimum atomic E-state index is -1.91. The first-order valence-electron chi connectivity index (χ1n) is 7.53. The molecule has 0 aliphatic heterocycles. The Labute approximate surface area is 140 Å². The maximum absolute atomic E-state index is 12.5. The van der Waals surface area contributed by atoms with Gasteiger partial charge in [-0.15, -0.1) is 0 Å². The van der Waals surface area contributed by atoms with Crippen molar-refractivity contribution in [1.82, 2.24) is 0 Å². The molecule has 4 N–H and O–H groups in total. The Kier molecular flexibility index (Phi) is 4.80. The molecule has 0 bridgehead atoms. The van der Waals surface area contributed by atoms with Crippen molar-refractivity contribution in [2.24, 2.45) is 5.73 Å². The zero-order valence-corrected chi connectivity index (χ0v) is 13.9. The van der Waals surface area contributed by atoms with Gasteiger partial charge in [0.05, 0.1) is 12.7 Å². The molecule has 0 spiro atoms. The lowest BCUT2D eigenvalue weighted by Gasteiger charge is -2.31. The molecule has 2 rings (SSSR count). The molecule has 0 amide bonds. The van der Waals surface area contributed by atoms with Crippen molar-refractivity contribution < 1.29 is 24.5 Å². The van der Waals surface area contributed by atoms with Crippen LogP contribution in [0, 0.1) is 0 Å². The number of hydrogen-bond acceptors (Lipinski definition) is 6. The van der Waals surface area contributed by atoms with Crippen LogP contribution in [-0.4, -0.2) is 34.5 Å². The molecule has 24 heavy (non-hydrogen) atoms.